The van der Waals surface area contributed by atoms with E-state index in [9.17, 15) is 22.7 Å². The molecule has 18 heavy (non-hydrogen) atoms. The largest absolute Gasteiger partial charge is 0.416 e. The van der Waals surface area contributed by atoms with Gasteiger partial charge in [0.2, 0.25) is 0 Å². The van der Waals surface area contributed by atoms with Crippen molar-refractivity contribution < 1.29 is 22.7 Å². The summed E-state index contributed by atoms with van der Waals surface area (Å²) >= 11 is 0. The normalized spacial score (nSPS) is 17.8. The van der Waals surface area contributed by atoms with Crippen LogP contribution in [-0.4, -0.2) is 5.11 Å². The van der Waals surface area contributed by atoms with Crippen molar-refractivity contribution in [3.63, 3.8) is 0 Å². The van der Waals surface area contributed by atoms with Gasteiger partial charge in [0, 0.05) is 5.56 Å². The fourth-order valence-corrected chi connectivity index (χ4v) is 1.93. The Morgan fingerprint density at radius 3 is 2.50 bits per heavy atom. The van der Waals surface area contributed by atoms with E-state index in [4.69, 9.17) is 0 Å². The molecule has 100 valence electrons. The summed E-state index contributed by atoms with van der Waals surface area (Å²) in [4.78, 5) is 0. The molecule has 0 aliphatic heterocycles. The first-order valence-electron chi connectivity index (χ1n) is 5.92. The maximum Gasteiger partial charge on any atom is 0.416 e. The summed E-state index contributed by atoms with van der Waals surface area (Å²) in [6, 6.07) is 2.15. The van der Waals surface area contributed by atoms with Gasteiger partial charge in [-0.2, -0.15) is 13.2 Å². The predicted molar refractivity (Wildman–Crippen MR) is 58.3 cm³/mol. The minimum absolute atomic E-state index is 0.259. The van der Waals surface area contributed by atoms with Gasteiger partial charge in [0.05, 0.1) is 11.7 Å². The van der Waals surface area contributed by atoms with E-state index in [1.807, 2.05) is 0 Å². The van der Waals surface area contributed by atoms with Crippen molar-refractivity contribution in [2.45, 2.75) is 38.0 Å². The first-order chi connectivity index (χ1) is 8.38. The van der Waals surface area contributed by atoms with Crippen molar-refractivity contribution in [2.75, 3.05) is 0 Å². The molecule has 1 aliphatic rings. The quantitative estimate of drug-likeness (QED) is 0.811. The van der Waals surface area contributed by atoms with Crippen LogP contribution in [0.1, 0.15) is 42.9 Å². The van der Waals surface area contributed by atoms with Crippen LogP contribution in [0.4, 0.5) is 17.6 Å². The molecule has 1 aromatic carbocycles. The molecule has 0 heterocycles. The SMILES string of the molecule is OC(CCC1CC1)c1cc(C(F)(F)F)ccc1F. The fourth-order valence-electron chi connectivity index (χ4n) is 1.93. The van der Waals surface area contributed by atoms with E-state index in [-0.39, 0.29) is 5.56 Å². The number of hydrogen-bond acceptors (Lipinski definition) is 1. The third kappa shape index (κ3) is 3.22. The minimum atomic E-state index is -4.52. The Kier molecular flexibility index (Phi) is 3.61. The lowest BCUT2D eigenvalue weighted by Crippen LogP contribution is -2.08. The molecular formula is C13H14F4O. The molecule has 0 aromatic heterocycles. The summed E-state index contributed by atoms with van der Waals surface area (Å²) in [7, 11) is 0. The number of benzene rings is 1. The van der Waals surface area contributed by atoms with Gasteiger partial charge < -0.3 is 5.11 Å². The number of alkyl halides is 3. The van der Waals surface area contributed by atoms with Gasteiger partial charge >= 0.3 is 6.18 Å². The smallest absolute Gasteiger partial charge is 0.388 e. The van der Waals surface area contributed by atoms with Crippen LogP contribution in [0.2, 0.25) is 0 Å². The Hall–Kier alpha value is -1.10. The average Bonchev–Trinajstić information content (AvgIpc) is 3.08. The maximum absolute atomic E-state index is 13.4. The second-order valence-corrected chi connectivity index (χ2v) is 4.77. The summed E-state index contributed by atoms with van der Waals surface area (Å²) < 4.78 is 50.9. The number of hydrogen-bond donors (Lipinski definition) is 1. The van der Waals surface area contributed by atoms with Gasteiger partial charge in [-0.1, -0.05) is 12.8 Å². The second kappa shape index (κ2) is 4.88. The Morgan fingerprint density at radius 2 is 1.94 bits per heavy atom. The zero-order chi connectivity index (χ0) is 13.3. The third-order valence-corrected chi connectivity index (χ3v) is 3.23. The highest BCUT2D eigenvalue weighted by molar-refractivity contribution is 5.28. The first-order valence-corrected chi connectivity index (χ1v) is 5.92. The van der Waals surface area contributed by atoms with Gasteiger partial charge in [-0.05, 0) is 37.0 Å². The molecule has 1 aromatic rings. The van der Waals surface area contributed by atoms with E-state index in [1.54, 1.807) is 0 Å². The molecule has 1 saturated carbocycles. The van der Waals surface area contributed by atoms with Gasteiger partial charge in [0.1, 0.15) is 5.82 Å². The molecule has 0 bridgehead atoms. The molecule has 1 N–H and O–H groups in total. The summed E-state index contributed by atoms with van der Waals surface area (Å²) in [5.74, 6) is -0.236. The molecule has 1 nitrogen and oxygen atoms in total. The van der Waals surface area contributed by atoms with Crippen molar-refractivity contribution in [3.8, 4) is 0 Å². The summed E-state index contributed by atoms with van der Waals surface area (Å²) in [5, 5.41) is 9.76. The Bertz CT molecular complexity index is 423. The van der Waals surface area contributed by atoms with Crippen LogP contribution in [0.3, 0.4) is 0 Å². The molecule has 1 atom stereocenters. The molecule has 0 saturated heterocycles. The van der Waals surface area contributed by atoms with E-state index in [2.05, 4.69) is 0 Å². The summed E-state index contributed by atoms with van der Waals surface area (Å²) in [6.07, 6.45) is -2.44. The lowest BCUT2D eigenvalue weighted by atomic mass is 10.0. The summed E-state index contributed by atoms with van der Waals surface area (Å²) in [6.45, 7) is 0. The Balaban J connectivity index is 2.13. The van der Waals surface area contributed by atoms with Gasteiger partial charge in [-0.15, -0.1) is 0 Å². The Labute approximate surface area is 102 Å². The van der Waals surface area contributed by atoms with Crippen molar-refractivity contribution in [2.24, 2.45) is 5.92 Å². The number of aliphatic hydroxyl groups is 1. The third-order valence-electron chi connectivity index (χ3n) is 3.23. The van der Waals surface area contributed by atoms with E-state index in [0.717, 1.165) is 25.3 Å². The standard InChI is InChI=1S/C13H14F4O/c14-11-5-4-9(13(15,16)17)7-10(11)12(18)6-3-8-1-2-8/h4-5,7-8,12,18H,1-3,6H2. The molecular weight excluding hydrogens is 248 g/mol. The lowest BCUT2D eigenvalue weighted by molar-refractivity contribution is -0.137. The van der Waals surface area contributed by atoms with Crippen LogP contribution in [0, 0.1) is 11.7 Å². The monoisotopic (exact) mass is 262 g/mol. The highest BCUT2D eigenvalue weighted by Gasteiger charge is 2.32. The van der Waals surface area contributed by atoms with Gasteiger partial charge in [0.25, 0.3) is 0 Å². The van der Waals surface area contributed by atoms with Gasteiger partial charge in [-0.3, -0.25) is 0 Å². The number of aliphatic hydroxyl groups excluding tert-OH is 1. The predicted octanol–water partition coefficient (Wildman–Crippen LogP) is 4.07. The van der Waals surface area contributed by atoms with Crippen LogP contribution >= 0.6 is 0 Å². The van der Waals surface area contributed by atoms with Crippen molar-refractivity contribution in [1.29, 1.82) is 0 Å². The molecule has 1 fully saturated rings. The van der Waals surface area contributed by atoms with Crippen LogP contribution in [0.15, 0.2) is 18.2 Å². The maximum atomic E-state index is 13.4. The highest BCUT2D eigenvalue weighted by Crippen LogP contribution is 2.37. The number of halogens is 4. The van der Waals surface area contributed by atoms with Crippen LogP contribution < -0.4 is 0 Å². The van der Waals surface area contributed by atoms with E-state index in [0.29, 0.717) is 24.5 Å². The molecule has 5 heteroatoms. The van der Waals surface area contributed by atoms with E-state index in [1.165, 1.54) is 0 Å². The molecule has 1 aliphatic carbocycles. The van der Waals surface area contributed by atoms with Crippen molar-refractivity contribution in [3.05, 3.63) is 35.1 Å². The first kappa shape index (κ1) is 13.3. The van der Waals surface area contributed by atoms with Gasteiger partial charge in [0.15, 0.2) is 0 Å². The minimum Gasteiger partial charge on any atom is -0.388 e. The molecule has 2 rings (SSSR count). The zero-order valence-electron chi connectivity index (χ0n) is 9.67. The molecule has 0 radical (unpaired) electrons. The van der Waals surface area contributed by atoms with Crippen LogP contribution in [0.5, 0.6) is 0 Å². The van der Waals surface area contributed by atoms with Crippen molar-refractivity contribution >= 4 is 0 Å². The second-order valence-electron chi connectivity index (χ2n) is 4.77. The topological polar surface area (TPSA) is 20.2 Å². The Morgan fingerprint density at radius 1 is 1.28 bits per heavy atom. The van der Waals surface area contributed by atoms with Crippen molar-refractivity contribution in [1.82, 2.24) is 0 Å². The van der Waals surface area contributed by atoms with Crippen LogP contribution in [0.25, 0.3) is 0 Å². The number of rotatable bonds is 4. The fraction of sp³-hybridized carbons (Fsp3) is 0.538. The zero-order valence-corrected chi connectivity index (χ0v) is 9.67. The highest BCUT2D eigenvalue weighted by atomic mass is 19.4. The average molecular weight is 262 g/mol. The molecule has 0 spiro atoms. The molecule has 1 unspecified atom stereocenters. The van der Waals surface area contributed by atoms with Crippen LogP contribution in [-0.2, 0) is 6.18 Å². The lowest BCUT2D eigenvalue weighted by Gasteiger charge is -2.14. The van der Waals surface area contributed by atoms with Gasteiger partial charge in [-0.25, -0.2) is 4.39 Å². The van der Waals surface area contributed by atoms with E-state index < -0.39 is 23.7 Å². The molecule has 0 amide bonds. The summed E-state index contributed by atoms with van der Waals surface area (Å²) in [5.41, 5.74) is -1.19. The van der Waals surface area contributed by atoms with E-state index >= 15 is 0 Å².